The summed E-state index contributed by atoms with van der Waals surface area (Å²) in [4.78, 5) is 25.9. The molecule has 144 valence electrons. The Hall–Kier alpha value is -4.00. The average molecular weight is 389 g/mol. The maximum atomic E-state index is 14.0. The normalized spacial score (nSPS) is 10.7. The highest BCUT2D eigenvalue weighted by molar-refractivity contribution is 6.11. The van der Waals surface area contributed by atoms with Crippen LogP contribution < -0.4 is 15.6 Å². The number of amides is 1. The first-order valence-corrected chi connectivity index (χ1v) is 8.81. The standard InChI is InChI=1S/C22H16FN3O3/c1-29-15-8-6-7-14(13-15)26-22(28)17-10-3-2-9-16(17)20(25-26)21(27)24-19-12-5-4-11-18(19)23/h2-13H,1H3,(H,24,27). The van der Waals surface area contributed by atoms with Crippen LogP contribution in [0.25, 0.3) is 16.5 Å². The highest BCUT2D eigenvalue weighted by Gasteiger charge is 2.18. The third kappa shape index (κ3) is 3.45. The monoisotopic (exact) mass is 389 g/mol. The van der Waals surface area contributed by atoms with E-state index in [-0.39, 0.29) is 16.9 Å². The Kier molecular flexibility index (Phi) is 4.78. The van der Waals surface area contributed by atoms with Gasteiger partial charge in [-0.15, -0.1) is 0 Å². The number of para-hydroxylation sites is 1. The number of carbonyl (C=O) groups is 1. The number of ether oxygens (including phenoxy) is 1. The van der Waals surface area contributed by atoms with Gasteiger partial charge in [-0.05, 0) is 30.3 Å². The van der Waals surface area contributed by atoms with Crippen molar-refractivity contribution in [1.29, 1.82) is 0 Å². The van der Waals surface area contributed by atoms with Crippen molar-refractivity contribution in [2.45, 2.75) is 0 Å². The fourth-order valence-electron chi connectivity index (χ4n) is 3.02. The Morgan fingerprint density at radius 2 is 1.72 bits per heavy atom. The zero-order valence-corrected chi connectivity index (χ0v) is 15.4. The summed E-state index contributed by atoms with van der Waals surface area (Å²) in [7, 11) is 1.52. The van der Waals surface area contributed by atoms with Crippen LogP contribution in [0.4, 0.5) is 10.1 Å². The van der Waals surface area contributed by atoms with E-state index in [1.54, 1.807) is 54.6 Å². The van der Waals surface area contributed by atoms with Gasteiger partial charge in [0, 0.05) is 11.5 Å². The molecule has 1 aromatic heterocycles. The SMILES string of the molecule is COc1cccc(-n2nc(C(=O)Nc3ccccc3F)c3ccccc3c2=O)c1. The van der Waals surface area contributed by atoms with Gasteiger partial charge in [-0.2, -0.15) is 9.78 Å². The van der Waals surface area contributed by atoms with E-state index >= 15 is 0 Å². The highest BCUT2D eigenvalue weighted by Crippen LogP contribution is 2.20. The van der Waals surface area contributed by atoms with Gasteiger partial charge in [0.2, 0.25) is 0 Å². The van der Waals surface area contributed by atoms with Gasteiger partial charge in [0.1, 0.15) is 11.6 Å². The lowest BCUT2D eigenvalue weighted by atomic mass is 10.1. The number of anilines is 1. The van der Waals surface area contributed by atoms with Crippen LogP contribution in [0.15, 0.2) is 77.6 Å². The van der Waals surface area contributed by atoms with E-state index in [0.29, 0.717) is 22.2 Å². The average Bonchev–Trinajstić information content (AvgIpc) is 2.76. The Bertz CT molecular complexity index is 1280. The molecular weight excluding hydrogens is 373 g/mol. The van der Waals surface area contributed by atoms with Crippen LogP contribution in [0.1, 0.15) is 10.5 Å². The molecule has 0 saturated carbocycles. The predicted octanol–water partition coefficient (Wildman–Crippen LogP) is 3.79. The van der Waals surface area contributed by atoms with Crippen molar-refractivity contribution in [1.82, 2.24) is 9.78 Å². The fourth-order valence-corrected chi connectivity index (χ4v) is 3.02. The molecule has 0 bridgehead atoms. The van der Waals surface area contributed by atoms with Gasteiger partial charge in [0.05, 0.1) is 23.9 Å². The Balaban J connectivity index is 1.89. The van der Waals surface area contributed by atoms with Gasteiger partial charge in [0.25, 0.3) is 11.5 Å². The van der Waals surface area contributed by atoms with Crippen molar-refractivity contribution in [2.75, 3.05) is 12.4 Å². The Morgan fingerprint density at radius 3 is 2.48 bits per heavy atom. The minimum Gasteiger partial charge on any atom is -0.497 e. The lowest BCUT2D eigenvalue weighted by molar-refractivity contribution is 0.102. The number of hydrogen-bond donors (Lipinski definition) is 1. The highest BCUT2D eigenvalue weighted by atomic mass is 19.1. The molecule has 0 aliphatic heterocycles. The van der Waals surface area contributed by atoms with Crippen LogP contribution >= 0.6 is 0 Å². The van der Waals surface area contributed by atoms with Crippen LogP contribution in [0.2, 0.25) is 0 Å². The third-order valence-electron chi connectivity index (χ3n) is 4.44. The summed E-state index contributed by atoms with van der Waals surface area (Å²) in [5, 5.41) is 7.51. The molecule has 0 aliphatic carbocycles. The molecule has 1 amide bonds. The molecule has 29 heavy (non-hydrogen) atoms. The van der Waals surface area contributed by atoms with Crippen molar-refractivity contribution in [2.24, 2.45) is 0 Å². The first-order chi connectivity index (χ1) is 14.1. The molecule has 0 fully saturated rings. The van der Waals surface area contributed by atoms with Gasteiger partial charge in [-0.1, -0.05) is 36.4 Å². The molecule has 1 N–H and O–H groups in total. The van der Waals surface area contributed by atoms with E-state index in [1.807, 2.05) is 0 Å². The molecule has 1 heterocycles. The molecule has 7 heteroatoms. The van der Waals surface area contributed by atoms with E-state index in [4.69, 9.17) is 4.74 Å². The number of aromatic nitrogens is 2. The maximum absolute atomic E-state index is 14.0. The summed E-state index contributed by atoms with van der Waals surface area (Å²) in [6.07, 6.45) is 0. The quantitative estimate of drug-likeness (QED) is 0.576. The lowest BCUT2D eigenvalue weighted by Crippen LogP contribution is -2.26. The van der Waals surface area contributed by atoms with Crippen molar-refractivity contribution in [3.05, 3.63) is 94.7 Å². The van der Waals surface area contributed by atoms with Gasteiger partial charge in [-0.25, -0.2) is 4.39 Å². The molecule has 0 radical (unpaired) electrons. The first kappa shape index (κ1) is 18.4. The molecular formula is C22H16FN3O3. The van der Waals surface area contributed by atoms with Crippen LogP contribution in [0.5, 0.6) is 5.75 Å². The molecule has 6 nitrogen and oxygen atoms in total. The first-order valence-electron chi connectivity index (χ1n) is 8.81. The maximum Gasteiger partial charge on any atom is 0.279 e. The summed E-state index contributed by atoms with van der Waals surface area (Å²) in [6.45, 7) is 0. The topological polar surface area (TPSA) is 73.2 Å². The fraction of sp³-hybridized carbons (Fsp3) is 0.0455. The molecule has 0 unspecified atom stereocenters. The van der Waals surface area contributed by atoms with E-state index < -0.39 is 11.7 Å². The largest absolute Gasteiger partial charge is 0.497 e. The summed E-state index contributed by atoms with van der Waals surface area (Å²) in [5.41, 5.74) is 0.102. The molecule has 0 atom stereocenters. The van der Waals surface area contributed by atoms with E-state index in [1.165, 1.54) is 25.3 Å². The number of nitrogens with zero attached hydrogens (tertiary/aromatic N) is 2. The number of hydrogen-bond acceptors (Lipinski definition) is 4. The zero-order chi connectivity index (χ0) is 20.4. The van der Waals surface area contributed by atoms with Crippen molar-refractivity contribution in [3.8, 4) is 11.4 Å². The molecule has 4 aromatic rings. The molecule has 0 saturated heterocycles. The van der Waals surface area contributed by atoms with Gasteiger partial charge < -0.3 is 10.1 Å². The summed E-state index contributed by atoms with van der Waals surface area (Å²) in [6, 6.07) is 19.3. The lowest BCUT2D eigenvalue weighted by Gasteiger charge is -2.12. The Morgan fingerprint density at radius 1 is 1.00 bits per heavy atom. The number of nitrogens with one attached hydrogen (secondary N) is 1. The van der Waals surface area contributed by atoms with E-state index in [2.05, 4.69) is 10.4 Å². The van der Waals surface area contributed by atoms with Gasteiger partial charge in [0.15, 0.2) is 5.69 Å². The van der Waals surface area contributed by atoms with Crippen molar-refractivity contribution >= 4 is 22.4 Å². The molecule has 3 aromatic carbocycles. The number of benzene rings is 3. The molecule has 0 spiro atoms. The predicted molar refractivity (Wildman–Crippen MR) is 108 cm³/mol. The zero-order valence-electron chi connectivity index (χ0n) is 15.4. The molecule has 0 aliphatic rings. The van der Waals surface area contributed by atoms with Crippen LogP contribution in [-0.2, 0) is 0 Å². The summed E-state index contributed by atoms with van der Waals surface area (Å²) in [5.74, 6) is -0.643. The molecule has 4 rings (SSSR count). The van der Waals surface area contributed by atoms with Crippen molar-refractivity contribution in [3.63, 3.8) is 0 Å². The third-order valence-corrected chi connectivity index (χ3v) is 4.44. The number of halogens is 1. The second-order valence-corrected chi connectivity index (χ2v) is 6.25. The number of methoxy groups -OCH3 is 1. The van der Waals surface area contributed by atoms with Crippen LogP contribution in [-0.4, -0.2) is 22.8 Å². The smallest absolute Gasteiger partial charge is 0.279 e. The van der Waals surface area contributed by atoms with Crippen LogP contribution in [0.3, 0.4) is 0 Å². The van der Waals surface area contributed by atoms with E-state index in [9.17, 15) is 14.0 Å². The summed E-state index contributed by atoms with van der Waals surface area (Å²) < 4.78 is 20.3. The number of rotatable bonds is 4. The Labute approximate surface area is 165 Å². The number of fused-ring (bicyclic) bond motifs is 1. The van der Waals surface area contributed by atoms with Crippen molar-refractivity contribution < 1.29 is 13.9 Å². The van der Waals surface area contributed by atoms with Crippen LogP contribution in [0, 0.1) is 5.82 Å². The second-order valence-electron chi connectivity index (χ2n) is 6.25. The minimum absolute atomic E-state index is 0.00581. The van der Waals surface area contributed by atoms with E-state index in [0.717, 1.165) is 4.68 Å². The summed E-state index contributed by atoms with van der Waals surface area (Å²) >= 11 is 0. The number of carbonyl (C=O) groups excluding carboxylic acids is 1. The van der Waals surface area contributed by atoms with Gasteiger partial charge >= 0.3 is 0 Å². The van der Waals surface area contributed by atoms with Gasteiger partial charge in [-0.3, -0.25) is 9.59 Å². The minimum atomic E-state index is -0.622. The second kappa shape index (κ2) is 7.55.